The van der Waals surface area contributed by atoms with E-state index < -0.39 is 17.3 Å². The van der Waals surface area contributed by atoms with Crippen molar-refractivity contribution in [3.63, 3.8) is 0 Å². The molecule has 138 valence electrons. The Kier molecular flexibility index (Phi) is 5.18. The minimum Gasteiger partial charge on any atom is -0.353 e. The summed E-state index contributed by atoms with van der Waals surface area (Å²) < 4.78 is 39.3. The fourth-order valence-electron chi connectivity index (χ4n) is 3.43. The molecule has 0 amide bonds. The molecule has 2 N–H and O–H groups in total. The van der Waals surface area contributed by atoms with Gasteiger partial charge in [0.25, 0.3) is 0 Å². The molecule has 7 heteroatoms. The van der Waals surface area contributed by atoms with Crippen LogP contribution in [0.4, 0.5) is 19.0 Å². The molecule has 0 spiro atoms. The fraction of sp³-hybridized carbons (Fsp3) is 0.368. The molecule has 0 aliphatic heterocycles. The van der Waals surface area contributed by atoms with E-state index in [1.54, 1.807) is 12.3 Å². The van der Waals surface area contributed by atoms with Crippen molar-refractivity contribution in [1.82, 2.24) is 10.3 Å². The molecule has 26 heavy (non-hydrogen) atoms. The molecule has 0 atom stereocenters. The lowest BCUT2D eigenvalue weighted by atomic mass is 9.87. The number of thiocarbonyl (C=S) groups is 1. The number of alkyl halides is 3. The first-order valence-electron chi connectivity index (χ1n) is 8.48. The molecular formula is C19H20F3N3S. The smallest absolute Gasteiger partial charge is 0.353 e. The average molecular weight is 379 g/mol. The van der Waals surface area contributed by atoms with E-state index in [1.807, 2.05) is 19.1 Å². The zero-order chi connectivity index (χ0) is 18.8. The van der Waals surface area contributed by atoms with E-state index in [-0.39, 0.29) is 0 Å². The molecule has 3 rings (SSSR count). The number of anilines is 1. The van der Waals surface area contributed by atoms with Gasteiger partial charge in [-0.1, -0.05) is 25.0 Å². The first-order chi connectivity index (χ1) is 12.3. The Bertz CT molecular complexity index is 799. The zero-order valence-corrected chi connectivity index (χ0v) is 15.2. The van der Waals surface area contributed by atoms with Crippen LogP contribution in [0.15, 0.2) is 42.6 Å². The molecule has 0 saturated heterocycles. The lowest BCUT2D eigenvalue weighted by Gasteiger charge is -2.33. The highest BCUT2D eigenvalue weighted by Gasteiger charge is 2.38. The van der Waals surface area contributed by atoms with Crippen LogP contribution in [0.25, 0.3) is 0 Å². The number of pyridine rings is 1. The van der Waals surface area contributed by atoms with E-state index in [0.29, 0.717) is 16.5 Å². The summed E-state index contributed by atoms with van der Waals surface area (Å²) >= 11 is 5.41. The van der Waals surface area contributed by atoms with Gasteiger partial charge in [-0.25, -0.2) is 4.98 Å². The summed E-state index contributed by atoms with van der Waals surface area (Å²) in [5.41, 5.74) is 0.432. The Balaban J connectivity index is 1.83. The first-order valence-corrected chi connectivity index (χ1v) is 8.89. The Morgan fingerprint density at radius 2 is 1.88 bits per heavy atom. The van der Waals surface area contributed by atoms with Crippen molar-refractivity contribution in [2.45, 2.75) is 44.3 Å². The number of nitrogens with zero attached hydrogens (tertiary/aromatic N) is 1. The summed E-state index contributed by atoms with van der Waals surface area (Å²) in [6, 6.07) is 9.26. The Labute approximate surface area is 156 Å². The third-order valence-corrected chi connectivity index (χ3v) is 4.91. The maximum Gasteiger partial charge on any atom is 0.416 e. The molecular weight excluding hydrogens is 359 g/mol. The topological polar surface area (TPSA) is 37.0 Å². The van der Waals surface area contributed by atoms with Crippen LogP contribution in [0.3, 0.4) is 0 Å². The van der Waals surface area contributed by atoms with Gasteiger partial charge in [0.15, 0.2) is 5.11 Å². The molecule has 0 bridgehead atoms. The molecule has 1 aromatic heterocycles. The summed E-state index contributed by atoms with van der Waals surface area (Å²) in [7, 11) is 0. The van der Waals surface area contributed by atoms with Crippen LogP contribution in [0.5, 0.6) is 0 Å². The van der Waals surface area contributed by atoms with Gasteiger partial charge in [0.1, 0.15) is 5.82 Å². The molecule has 1 aromatic carbocycles. The normalized spacial score (nSPS) is 16.3. The highest BCUT2D eigenvalue weighted by molar-refractivity contribution is 7.80. The molecule has 0 radical (unpaired) electrons. The maximum atomic E-state index is 13.1. The number of nitrogens with one attached hydrogen (secondary N) is 2. The van der Waals surface area contributed by atoms with Gasteiger partial charge in [-0.3, -0.25) is 0 Å². The van der Waals surface area contributed by atoms with Crippen molar-refractivity contribution in [2.24, 2.45) is 0 Å². The van der Waals surface area contributed by atoms with Crippen LogP contribution in [0.1, 0.15) is 42.4 Å². The van der Waals surface area contributed by atoms with Crippen LogP contribution >= 0.6 is 12.2 Å². The minimum absolute atomic E-state index is 0.363. The number of halogens is 3. The van der Waals surface area contributed by atoms with Crippen LogP contribution in [-0.4, -0.2) is 10.1 Å². The summed E-state index contributed by atoms with van der Waals surface area (Å²) in [6.07, 6.45) is 0.663. The number of rotatable bonds is 3. The summed E-state index contributed by atoms with van der Waals surface area (Å²) in [6.45, 7) is 1.95. The maximum absolute atomic E-state index is 13.1. The van der Waals surface area contributed by atoms with E-state index in [0.717, 1.165) is 37.3 Å². The monoisotopic (exact) mass is 379 g/mol. The van der Waals surface area contributed by atoms with Gasteiger partial charge in [-0.2, -0.15) is 13.2 Å². The highest BCUT2D eigenvalue weighted by atomic mass is 32.1. The Hall–Kier alpha value is -2.15. The number of aryl methyl sites for hydroxylation is 1. The second-order valence-corrected chi connectivity index (χ2v) is 7.07. The van der Waals surface area contributed by atoms with E-state index in [1.165, 1.54) is 12.1 Å². The molecule has 1 aliphatic rings. The van der Waals surface area contributed by atoms with E-state index in [9.17, 15) is 13.2 Å². The molecule has 1 heterocycles. The number of aromatic nitrogens is 1. The van der Waals surface area contributed by atoms with Crippen LogP contribution < -0.4 is 10.6 Å². The molecule has 1 fully saturated rings. The van der Waals surface area contributed by atoms with E-state index in [2.05, 4.69) is 15.6 Å². The third kappa shape index (κ3) is 4.15. The molecule has 0 unspecified atom stereocenters. The van der Waals surface area contributed by atoms with Crippen LogP contribution in [0.2, 0.25) is 0 Å². The van der Waals surface area contributed by atoms with Crippen molar-refractivity contribution < 1.29 is 13.2 Å². The second kappa shape index (κ2) is 7.23. The lowest BCUT2D eigenvalue weighted by molar-refractivity contribution is -0.137. The molecule has 3 nitrogen and oxygen atoms in total. The SMILES string of the molecule is Cc1ccnc(NC(=S)NC2(c3cccc(C(F)(F)F)c3)CCCC2)c1. The van der Waals surface area contributed by atoms with Gasteiger partial charge >= 0.3 is 6.18 Å². The predicted molar refractivity (Wildman–Crippen MR) is 99.9 cm³/mol. The fourth-order valence-corrected chi connectivity index (χ4v) is 3.73. The van der Waals surface area contributed by atoms with Crippen molar-refractivity contribution >= 4 is 23.1 Å². The van der Waals surface area contributed by atoms with Gasteiger partial charge in [0.05, 0.1) is 11.1 Å². The van der Waals surface area contributed by atoms with Gasteiger partial charge < -0.3 is 10.6 Å². The van der Waals surface area contributed by atoms with Crippen molar-refractivity contribution in [3.05, 3.63) is 59.3 Å². The third-order valence-electron chi connectivity index (χ3n) is 4.71. The zero-order valence-electron chi connectivity index (χ0n) is 14.4. The lowest BCUT2D eigenvalue weighted by Crippen LogP contribution is -2.45. The Morgan fingerprint density at radius 1 is 1.15 bits per heavy atom. The van der Waals surface area contributed by atoms with Crippen LogP contribution in [-0.2, 0) is 11.7 Å². The second-order valence-electron chi connectivity index (χ2n) is 6.67. The summed E-state index contributed by atoms with van der Waals surface area (Å²) in [4.78, 5) is 4.21. The largest absolute Gasteiger partial charge is 0.416 e. The predicted octanol–water partition coefficient (Wildman–Crippen LogP) is 5.16. The quantitative estimate of drug-likeness (QED) is 0.722. The molecule has 2 aromatic rings. The molecule has 1 saturated carbocycles. The first kappa shape index (κ1) is 18.6. The number of benzene rings is 1. The van der Waals surface area contributed by atoms with Crippen molar-refractivity contribution in [3.8, 4) is 0 Å². The highest BCUT2D eigenvalue weighted by Crippen LogP contribution is 2.40. The van der Waals surface area contributed by atoms with E-state index >= 15 is 0 Å². The van der Waals surface area contributed by atoms with Crippen molar-refractivity contribution in [2.75, 3.05) is 5.32 Å². The number of hydrogen-bond acceptors (Lipinski definition) is 2. The van der Waals surface area contributed by atoms with Gasteiger partial charge in [0.2, 0.25) is 0 Å². The van der Waals surface area contributed by atoms with Gasteiger partial charge in [-0.15, -0.1) is 0 Å². The minimum atomic E-state index is -4.36. The van der Waals surface area contributed by atoms with Crippen LogP contribution in [0, 0.1) is 6.92 Å². The summed E-state index contributed by atoms with van der Waals surface area (Å²) in [5.74, 6) is 0.611. The standard InChI is InChI=1S/C19H20F3N3S/c1-13-7-10-23-16(11-13)24-17(26)25-18(8-2-3-9-18)14-5-4-6-15(12-14)19(20,21)22/h4-7,10-12H,2-3,8-9H2,1H3,(H2,23,24,25,26). The Morgan fingerprint density at radius 3 is 2.54 bits per heavy atom. The average Bonchev–Trinajstić information content (AvgIpc) is 3.04. The summed E-state index contributed by atoms with van der Waals surface area (Å²) in [5, 5.41) is 6.67. The number of hydrogen-bond donors (Lipinski definition) is 2. The van der Waals surface area contributed by atoms with Gasteiger partial charge in [-0.05, 0) is 67.4 Å². The van der Waals surface area contributed by atoms with Crippen molar-refractivity contribution in [1.29, 1.82) is 0 Å². The van der Waals surface area contributed by atoms with E-state index in [4.69, 9.17) is 12.2 Å². The molecule has 1 aliphatic carbocycles. The van der Waals surface area contributed by atoms with Gasteiger partial charge in [0, 0.05) is 6.20 Å².